The van der Waals surface area contributed by atoms with Crippen molar-refractivity contribution in [3.8, 4) is 5.75 Å². The first kappa shape index (κ1) is 25.7. The number of allylic oxidation sites excluding steroid dienone is 1. The number of aliphatic hydroxyl groups excluding tert-OH is 1. The van der Waals surface area contributed by atoms with Crippen molar-refractivity contribution in [3.63, 3.8) is 0 Å². The first-order chi connectivity index (χ1) is 15.7. The SMILES string of the molecule is C/C=C/c1ccc2c(c1)O[C@H](CN(C)C(=O)C1CCCCC1)[C@@H](C)CN([C@@H](C)CO)S2(=O)=O. The van der Waals surface area contributed by atoms with E-state index in [1.54, 1.807) is 30.0 Å². The Labute approximate surface area is 198 Å². The van der Waals surface area contributed by atoms with E-state index in [4.69, 9.17) is 4.74 Å². The van der Waals surface area contributed by atoms with Crippen molar-refractivity contribution in [2.75, 3.05) is 26.7 Å². The zero-order valence-corrected chi connectivity index (χ0v) is 21.1. The molecule has 184 valence electrons. The molecule has 1 aromatic rings. The lowest BCUT2D eigenvalue weighted by atomic mass is 9.88. The zero-order chi connectivity index (χ0) is 24.2. The van der Waals surface area contributed by atoms with E-state index in [0.717, 1.165) is 31.2 Å². The maximum atomic E-state index is 13.5. The van der Waals surface area contributed by atoms with Crippen LogP contribution in [-0.4, -0.2) is 67.5 Å². The van der Waals surface area contributed by atoms with Crippen molar-refractivity contribution in [3.05, 3.63) is 29.8 Å². The van der Waals surface area contributed by atoms with Crippen LogP contribution in [0.4, 0.5) is 0 Å². The fourth-order valence-corrected chi connectivity index (χ4v) is 6.60. The molecule has 1 N–H and O–H groups in total. The molecule has 3 atom stereocenters. The van der Waals surface area contributed by atoms with Crippen LogP contribution in [0.25, 0.3) is 6.08 Å². The Bertz CT molecular complexity index is 956. The van der Waals surface area contributed by atoms with Gasteiger partial charge in [-0.25, -0.2) is 8.42 Å². The minimum Gasteiger partial charge on any atom is -0.487 e. The number of aliphatic hydroxyl groups is 1. The Morgan fingerprint density at radius 3 is 2.64 bits per heavy atom. The highest BCUT2D eigenvalue weighted by atomic mass is 32.2. The molecule has 1 heterocycles. The maximum Gasteiger partial charge on any atom is 0.247 e. The molecule has 8 heteroatoms. The van der Waals surface area contributed by atoms with Crippen molar-refractivity contribution < 1.29 is 23.1 Å². The summed E-state index contributed by atoms with van der Waals surface area (Å²) in [4.78, 5) is 14.9. The van der Waals surface area contributed by atoms with Crippen LogP contribution < -0.4 is 4.74 Å². The predicted molar refractivity (Wildman–Crippen MR) is 129 cm³/mol. The van der Waals surface area contributed by atoms with E-state index in [1.165, 1.54) is 10.7 Å². The molecule has 1 amide bonds. The lowest BCUT2D eigenvalue weighted by molar-refractivity contribution is -0.136. The maximum absolute atomic E-state index is 13.5. The number of amides is 1. The van der Waals surface area contributed by atoms with Crippen LogP contribution in [0.5, 0.6) is 5.75 Å². The largest absolute Gasteiger partial charge is 0.487 e. The van der Waals surface area contributed by atoms with Crippen LogP contribution >= 0.6 is 0 Å². The van der Waals surface area contributed by atoms with Gasteiger partial charge in [-0.3, -0.25) is 4.79 Å². The standard InChI is InChI=1S/C25H38N2O5S/c1-5-9-20-12-13-24-22(14-20)32-23(16-26(4)25(29)21-10-7-6-8-11-21)18(2)15-27(19(3)17-28)33(24,30)31/h5,9,12-14,18-19,21,23,28H,6-8,10-11,15-17H2,1-4H3/b9-5+/t18-,19-,23+/m0/s1. The lowest BCUT2D eigenvalue weighted by Crippen LogP contribution is -2.50. The molecule has 0 saturated heterocycles. The normalized spacial score (nSPS) is 25.0. The molecule has 1 aliphatic heterocycles. The van der Waals surface area contributed by atoms with Crippen LogP contribution in [0, 0.1) is 11.8 Å². The number of fused-ring (bicyclic) bond motifs is 1. The van der Waals surface area contributed by atoms with Crippen molar-refractivity contribution >= 4 is 22.0 Å². The van der Waals surface area contributed by atoms with E-state index < -0.39 is 16.1 Å². The summed E-state index contributed by atoms with van der Waals surface area (Å²) in [5.74, 6) is 0.306. The number of carbonyl (C=O) groups excluding carboxylic acids is 1. The van der Waals surface area contributed by atoms with Crippen LogP contribution in [0.2, 0.25) is 0 Å². The molecule has 1 aromatic carbocycles. The van der Waals surface area contributed by atoms with Gasteiger partial charge in [0, 0.05) is 31.5 Å². The molecule has 0 bridgehead atoms. The van der Waals surface area contributed by atoms with Crippen LogP contribution in [0.3, 0.4) is 0 Å². The Morgan fingerprint density at radius 1 is 1.30 bits per heavy atom. The summed E-state index contributed by atoms with van der Waals surface area (Å²) in [6.07, 6.45) is 8.62. The number of hydrogen-bond acceptors (Lipinski definition) is 5. The predicted octanol–water partition coefficient (Wildman–Crippen LogP) is 3.53. The molecule has 1 aliphatic carbocycles. The molecule has 7 nitrogen and oxygen atoms in total. The second-order valence-electron chi connectivity index (χ2n) is 9.50. The van der Waals surface area contributed by atoms with Crippen LogP contribution in [0.15, 0.2) is 29.2 Å². The Morgan fingerprint density at radius 2 is 2.00 bits per heavy atom. The van der Waals surface area contributed by atoms with Gasteiger partial charge in [0.05, 0.1) is 13.2 Å². The second-order valence-corrected chi connectivity index (χ2v) is 11.4. The topological polar surface area (TPSA) is 87.2 Å². The summed E-state index contributed by atoms with van der Waals surface area (Å²) >= 11 is 0. The van der Waals surface area contributed by atoms with Crippen LogP contribution in [-0.2, 0) is 14.8 Å². The monoisotopic (exact) mass is 478 g/mol. The van der Waals surface area contributed by atoms with Gasteiger partial charge >= 0.3 is 0 Å². The van der Waals surface area contributed by atoms with E-state index >= 15 is 0 Å². The van der Waals surface area contributed by atoms with E-state index in [-0.39, 0.29) is 47.6 Å². The number of ether oxygens (including phenoxy) is 1. The smallest absolute Gasteiger partial charge is 0.247 e. The second kappa shape index (κ2) is 11.0. The summed E-state index contributed by atoms with van der Waals surface area (Å²) in [5, 5.41) is 9.76. The van der Waals surface area contributed by atoms with Gasteiger partial charge in [-0.05, 0) is 44.4 Å². The van der Waals surface area contributed by atoms with Crippen molar-refractivity contribution in [1.82, 2.24) is 9.21 Å². The number of hydrogen-bond donors (Lipinski definition) is 1. The Kier molecular flexibility index (Phi) is 8.59. The number of likely N-dealkylation sites (N-methyl/N-ethyl adjacent to an activating group) is 1. The van der Waals surface area contributed by atoms with E-state index in [9.17, 15) is 18.3 Å². The average molecular weight is 479 g/mol. The first-order valence-corrected chi connectivity index (χ1v) is 13.4. The van der Waals surface area contributed by atoms with E-state index in [1.807, 2.05) is 33.0 Å². The summed E-state index contributed by atoms with van der Waals surface area (Å²) in [5.41, 5.74) is 0.840. The summed E-state index contributed by atoms with van der Waals surface area (Å²) in [7, 11) is -2.05. The zero-order valence-electron chi connectivity index (χ0n) is 20.2. The van der Waals surface area contributed by atoms with Gasteiger partial charge in [0.15, 0.2) is 0 Å². The fourth-order valence-electron chi connectivity index (χ4n) is 4.78. The molecule has 0 radical (unpaired) electrons. The Balaban J connectivity index is 1.95. The molecule has 0 unspecified atom stereocenters. The van der Waals surface area contributed by atoms with Crippen molar-refractivity contribution in [2.45, 2.75) is 69.9 Å². The highest BCUT2D eigenvalue weighted by molar-refractivity contribution is 7.89. The lowest BCUT2D eigenvalue weighted by Gasteiger charge is -2.38. The number of rotatable bonds is 6. The van der Waals surface area contributed by atoms with Gasteiger partial charge in [0.1, 0.15) is 16.7 Å². The van der Waals surface area contributed by atoms with Gasteiger partial charge in [-0.2, -0.15) is 4.31 Å². The number of carbonyl (C=O) groups is 1. The first-order valence-electron chi connectivity index (χ1n) is 12.0. The summed E-state index contributed by atoms with van der Waals surface area (Å²) < 4.78 is 34.7. The third kappa shape index (κ3) is 5.78. The molecular formula is C25H38N2O5S. The average Bonchev–Trinajstić information content (AvgIpc) is 2.81. The number of benzene rings is 1. The molecule has 0 spiro atoms. The summed E-state index contributed by atoms with van der Waals surface area (Å²) in [6, 6.07) is 4.49. The van der Waals surface area contributed by atoms with Crippen molar-refractivity contribution in [2.24, 2.45) is 11.8 Å². The van der Waals surface area contributed by atoms with Gasteiger partial charge in [-0.1, -0.05) is 44.4 Å². The van der Waals surface area contributed by atoms with Gasteiger partial charge < -0.3 is 14.7 Å². The molecule has 1 fully saturated rings. The molecule has 33 heavy (non-hydrogen) atoms. The molecular weight excluding hydrogens is 440 g/mol. The summed E-state index contributed by atoms with van der Waals surface area (Å²) in [6.45, 7) is 5.85. The van der Waals surface area contributed by atoms with Crippen molar-refractivity contribution in [1.29, 1.82) is 0 Å². The van der Waals surface area contributed by atoms with Gasteiger partial charge in [0.25, 0.3) is 0 Å². The molecule has 3 rings (SSSR count). The number of nitrogens with zero attached hydrogens (tertiary/aromatic N) is 2. The van der Waals surface area contributed by atoms with Gasteiger partial charge in [0.2, 0.25) is 15.9 Å². The van der Waals surface area contributed by atoms with Crippen LogP contribution in [0.1, 0.15) is 58.4 Å². The van der Waals surface area contributed by atoms with Gasteiger partial charge in [-0.15, -0.1) is 0 Å². The minimum atomic E-state index is -3.86. The molecule has 2 aliphatic rings. The molecule has 1 saturated carbocycles. The van der Waals surface area contributed by atoms with E-state index in [0.29, 0.717) is 6.54 Å². The quantitative estimate of drug-likeness (QED) is 0.676. The highest BCUT2D eigenvalue weighted by Crippen LogP contribution is 2.35. The number of sulfonamides is 1. The highest BCUT2D eigenvalue weighted by Gasteiger charge is 2.38. The fraction of sp³-hybridized carbons (Fsp3) is 0.640. The third-order valence-electron chi connectivity index (χ3n) is 6.83. The van der Waals surface area contributed by atoms with E-state index in [2.05, 4.69) is 0 Å². The Hall–Kier alpha value is -1.90. The molecule has 0 aromatic heterocycles. The third-order valence-corrected chi connectivity index (χ3v) is 8.85. The minimum absolute atomic E-state index is 0.0625.